The first kappa shape index (κ1) is 17.4. The Morgan fingerprint density at radius 3 is 2.48 bits per heavy atom. The zero-order valence-electron chi connectivity index (χ0n) is 15.2. The Bertz CT molecular complexity index is 868. The van der Waals surface area contributed by atoms with Gasteiger partial charge in [0.05, 0.1) is 14.2 Å². The summed E-state index contributed by atoms with van der Waals surface area (Å²) in [5.74, 6) is 1.48. The number of H-pyrrole nitrogens is 1. The highest BCUT2D eigenvalue weighted by Crippen LogP contribution is 2.36. The Morgan fingerprint density at radius 1 is 0.960 bits per heavy atom. The van der Waals surface area contributed by atoms with Gasteiger partial charge in [-0.05, 0) is 68.6 Å². The molecule has 4 heteroatoms. The molecule has 4 nitrogen and oxygen atoms in total. The van der Waals surface area contributed by atoms with E-state index in [0.717, 1.165) is 54.1 Å². The van der Waals surface area contributed by atoms with Crippen LogP contribution in [0.2, 0.25) is 0 Å². The number of aromatic amines is 1. The lowest BCUT2D eigenvalue weighted by Crippen LogP contribution is -1.99. The molecule has 0 amide bonds. The molecule has 132 valence electrons. The van der Waals surface area contributed by atoms with Gasteiger partial charge in [0, 0.05) is 22.2 Å². The third kappa shape index (κ3) is 3.49. The highest BCUT2D eigenvalue weighted by molar-refractivity contribution is 5.91. The van der Waals surface area contributed by atoms with Crippen LogP contribution < -0.4 is 15.2 Å². The first-order valence-corrected chi connectivity index (χ1v) is 8.71. The third-order valence-electron chi connectivity index (χ3n) is 4.61. The molecule has 3 N–H and O–H groups in total. The quantitative estimate of drug-likeness (QED) is 0.626. The molecule has 0 bridgehead atoms. The van der Waals surface area contributed by atoms with Gasteiger partial charge < -0.3 is 20.2 Å². The topological polar surface area (TPSA) is 60.3 Å². The molecular formula is C21H26N2O2. The van der Waals surface area contributed by atoms with Crippen molar-refractivity contribution in [3.63, 3.8) is 0 Å². The van der Waals surface area contributed by atoms with Crippen LogP contribution in [0.5, 0.6) is 11.5 Å². The molecule has 3 rings (SSSR count). The third-order valence-corrected chi connectivity index (χ3v) is 4.61. The van der Waals surface area contributed by atoms with E-state index in [4.69, 9.17) is 15.2 Å². The van der Waals surface area contributed by atoms with Gasteiger partial charge in [-0.2, -0.15) is 0 Å². The molecule has 0 radical (unpaired) electrons. The minimum Gasteiger partial charge on any atom is -0.493 e. The van der Waals surface area contributed by atoms with E-state index in [1.807, 2.05) is 12.1 Å². The fourth-order valence-electron chi connectivity index (χ4n) is 3.31. The molecule has 2 aromatic carbocycles. The van der Waals surface area contributed by atoms with Crippen molar-refractivity contribution in [3.8, 4) is 22.8 Å². The fourth-order valence-corrected chi connectivity index (χ4v) is 3.31. The summed E-state index contributed by atoms with van der Waals surface area (Å²) in [5, 5.41) is 1.29. The number of methoxy groups -OCH3 is 2. The van der Waals surface area contributed by atoms with Crippen LogP contribution in [0.15, 0.2) is 36.4 Å². The van der Waals surface area contributed by atoms with Crippen molar-refractivity contribution in [2.75, 3.05) is 20.8 Å². The summed E-state index contributed by atoms with van der Waals surface area (Å²) < 4.78 is 10.8. The standard InChI is InChI=1S/C21H26N2O2/c1-14-7-9-18-17(12-14)16(6-4-5-11-22)21(23-18)15-8-10-19(24-2)20(13-15)25-3/h7-10,12-13,23H,4-6,11,22H2,1-3H3. The zero-order valence-corrected chi connectivity index (χ0v) is 15.2. The second-order valence-corrected chi connectivity index (χ2v) is 6.34. The van der Waals surface area contributed by atoms with Crippen molar-refractivity contribution in [3.05, 3.63) is 47.5 Å². The molecule has 0 spiro atoms. The van der Waals surface area contributed by atoms with Gasteiger partial charge in [0.1, 0.15) is 0 Å². The van der Waals surface area contributed by atoms with Crippen LogP contribution in [0.4, 0.5) is 0 Å². The predicted octanol–water partition coefficient (Wildman–Crippen LogP) is 4.44. The van der Waals surface area contributed by atoms with Gasteiger partial charge in [-0.1, -0.05) is 11.6 Å². The minimum atomic E-state index is 0.729. The van der Waals surface area contributed by atoms with E-state index in [9.17, 15) is 0 Å². The zero-order chi connectivity index (χ0) is 17.8. The fraction of sp³-hybridized carbons (Fsp3) is 0.333. The van der Waals surface area contributed by atoms with Gasteiger partial charge in [-0.3, -0.25) is 0 Å². The summed E-state index contributed by atoms with van der Waals surface area (Å²) in [4.78, 5) is 3.60. The second-order valence-electron chi connectivity index (χ2n) is 6.34. The molecule has 0 saturated carbocycles. The van der Waals surface area contributed by atoms with Crippen LogP contribution in [-0.4, -0.2) is 25.7 Å². The van der Waals surface area contributed by atoms with E-state index in [1.165, 1.54) is 16.5 Å². The van der Waals surface area contributed by atoms with Gasteiger partial charge >= 0.3 is 0 Å². The molecule has 3 aromatic rings. The Morgan fingerprint density at radius 2 is 1.76 bits per heavy atom. The largest absolute Gasteiger partial charge is 0.493 e. The number of hydrogen-bond donors (Lipinski definition) is 2. The van der Waals surface area contributed by atoms with Gasteiger partial charge in [-0.15, -0.1) is 0 Å². The van der Waals surface area contributed by atoms with Crippen molar-refractivity contribution in [2.45, 2.75) is 26.2 Å². The van der Waals surface area contributed by atoms with Gasteiger partial charge in [0.2, 0.25) is 0 Å². The van der Waals surface area contributed by atoms with Crippen LogP contribution in [0.25, 0.3) is 22.2 Å². The number of fused-ring (bicyclic) bond motifs is 1. The van der Waals surface area contributed by atoms with Crippen LogP contribution in [0.3, 0.4) is 0 Å². The van der Waals surface area contributed by atoms with Crippen molar-refractivity contribution >= 4 is 10.9 Å². The SMILES string of the molecule is COc1ccc(-c2[nH]c3ccc(C)cc3c2CCCCN)cc1OC. The van der Waals surface area contributed by atoms with E-state index in [2.05, 4.69) is 36.2 Å². The molecule has 1 heterocycles. The Kier molecular flexibility index (Phi) is 5.29. The maximum atomic E-state index is 5.69. The molecule has 0 unspecified atom stereocenters. The van der Waals surface area contributed by atoms with E-state index in [0.29, 0.717) is 0 Å². The number of hydrogen-bond acceptors (Lipinski definition) is 3. The van der Waals surface area contributed by atoms with Crippen LogP contribution in [0, 0.1) is 6.92 Å². The maximum absolute atomic E-state index is 5.69. The molecule has 0 aliphatic heterocycles. The number of unbranched alkanes of at least 4 members (excludes halogenated alkanes) is 1. The molecule has 25 heavy (non-hydrogen) atoms. The summed E-state index contributed by atoms with van der Waals surface area (Å²) in [6, 6.07) is 12.6. The predicted molar refractivity (Wildman–Crippen MR) is 104 cm³/mol. The number of nitrogens with two attached hydrogens (primary N) is 1. The average Bonchev–Trinajstić information content (AvgIpc) is 2.99. The summed E-state index contributed by atoms with van der Waals surface area (Å²) in [6.45, 7) is 2.86. The first-order chi connectivity index (χ1) is 12.2. The van der Waals surface area contributed by atoms with Gasteiger partial charge in [0.25, 0.3) is 0 Å². The van der Waals surface area contributed by atoms with Crippen LogP contribution in [-0.2, 0) is 6.42 Å². The smallest absolute Gasteiger partial charge is 0.161 e. The van der Waals surface area contributed by atoms with Crippen molar-refractivity contribution in [1.29, 1.82) is 0 Å². The minimum absolute atomic E-state index is 0.729. The number of ether oxygens (including phenoxy) is 2. The molecule has 1 aromatic heterocycles. The highest BCUT2D eigenvalue weighted by Gasteiger charge is 2.15. The maximum Gasteiger partial charge on any atom is 0.161 e. The normalized spacial score (nSPS) is 11.0. The monoisotopic (exact) mass is 338 g/mol. The highest BCUT2D eigenvalue weighted by atomic mass is 16.5. The van der Waals surface area contributed by atoms with Crippen LogP contribution >= 0.6 is 0 Å². The summed E-state index contributed by atoms with van der Waals surface area (Å²) >= 11 is 0. The summed E-state index contributed by atoms with van der Waals surface area (Å²) in [6.07, 6.45) is 3.12. The molecule has 0 aliphatic rings. The Labute approximate surface area is 149 Å². The molecule has 0 saturated heterocycles. The van der Waals surface area contributed by atoms with Gasteiger partial charge in [-0.25, -0.2) is 0 Å². The number of nitrogens with one attached hydrogen (secondary N) is 1. The van der Waals surface area contributed by atoms with Gasteiger partial charge in [0.15, 0.2) is 11.5 Å². The van der Waals surface area contributed by atoms with Crippen molar-refractivity contribution in [2.24, 2.45) is 5.73 Å². The number of aromatic nitrogens is 1. The Hall–Kier alpha value is -2.46. The first-order valence-electron chi connectivity index (χ1n) is 8.71. The number of rotatable bonds is 7. The molecular weight excluding hydrogens is 312 g/mol. The van der Waals surface area contributed by atoms with E-state index in [-0.39, 0.29) is 0 Å². The molecule has 0 fully saturated rings. The lowest BCUT2D eigenvalue weighted by molar-refractivity contribution is 0.355. The average molecular weight is 338 g/mol. The van der Waals surface area contributed by atoms with Crippen molar-refractivity contribution in [1.82, 2.24) is 4.98 Å². The van der Waals surface area contributed by atoms with Crippen molar-refractivity contribution < 1.29 is 9.47 Å². The lowest BCUT2D eigenvalue weighted by atomic mass is 9.99. The van der Waals surface area contributed by atoms with E-state index in [1.54, 1.807) is 14.2 Å². The Balaban J connectivity index is 2.12. The number of benzene rings is 2. The molecule has 0 atom stereocenters. The summed E-state index contributed by atoms with van der Waals surface area (Å²) in [5.41, 5.74) is 11.7. The summed E-state index contributed by atoms with van der Waals surface area (Å²) in [7, 11) is 3.32. The van der Waals surface area contributed by atoms with E-state index < -0.39 is 0 Å². The second kappa shape index (κ2) is 7.62. The number of aryl methyl sites for hydroxylation is 2. The lowest BCUT2D eigenvalue weighted by Gasteiger charge is -2.10. The van der Waals surface area contributed by atoms with Crippen LogP contribution in [0.1, 0.15) is 24.0 Å². The molecule has 0 aliphatic carbocycles. The van der Waals surface area contributed by atoms with E-state index >= 15 is 0 Å².